The SMILES string of the molecule is [B]CC1C2C(=O)Oc3ccccc3C12. The molecule has 0 bridgehead atoms. The fraction of sp³-hybridized carbons (Fsp3) is 0.364. The van der Waals surface area contributed by atoms with Gasteiger partial charge in [0.1, 0.15) is 5.75 Å². The molecule has 2 radical (unpaired) electrons. The highest BCUT2D eigenvalue weighted by molar-refractivity contribution is 6.09. The highest BCUT2D eigenvalue weighted by atomic mass is 16.5. The van der Waals surface area contributed by atoms with E-state index in [-0.39, 0.29) is 11.9 Å². The summed E-state index contributed by atoms with van der Waals surface area (Å²) < 4.78 is 5.22. The summed E-state index contributed by atoms with van der Waals surface area (Å²) >= 11 is 0. The molecule has 1 aromatic rings. The van der Waals surface area contributed by atoms with Gasteiger partial charge in [0.05, 0.1) is 13.8 Å². The molecule has 68 valence electrons. The molecular weight excluding hydrogens is 175 g/mol. The van der Waals surface area contributed by atoms with Crippen molar-refractivity contribution in [1.82, 2.24) is 0 Å². The number of carbonyl (C=O) groups excluding carboxylic acids is 1. The molecule has 1 heterocycles. The lowest BCUT2D eigenvalue weighted by molar-refractivity contribution is -0.136. The van der Waals surface area contributed by atoms with Crippen molar-refractivity contribution in [3.8, 4) is 5.75 Å². The Morgan fingerprint density at radius 3 is 2.86 bits per heavy atom. The predicted molar refractivity (Wildman–Crippen MR) is 52.4 cm³/mol. The topological polar surface area (TPSA) is 26.3 Å². The van der Waals surface area contributed by atoms with Crippen molar-refractivity contribution in [1.29, 1.82) is 0 Å². The Hall–Kier alpha value is -1.25. The van der Waals surface area contributed by atoms with Crippen LogP contribution in [-0.2, 0) is 4.79 Å². The normalized spacial score (nSPS) is 32.9. The van der Waals surface area contributed by atoms with Gasteiger partial charge in [-0.05, 0) is 17.5 Å². The lowest BCUT2D eigenvalue weighted by Crippen LogP contribution is -2.16. The molecule has 1 aliphatic heterocycles. The van der Waals surface area contributed by atoms with Gasteiger partial charge >= 0.3 is 5.97 Å². The van der Waals surface area contributed by atoms with Gasteiger partial charge in [0, 0.05) is 5.92 Å². The summed E-state index contributed by atoms with van der Waals surface area (Å²) in [5.74, 6) is 1.25. The van der Waals surface area contributed by atoms with Crippen LogP contribution in [0.1, 0.15) is 11.5 Å². The minimum absolute atomic E-state index is 0.0231. The quantitative estimate of drug-likeness (QED) is 0.375. The van der Waals surface area contributed by atoms with E-state index in [1.54, 1.807) is 0 Å². The lowest BCUT2D eigenvalue weighted by atomic mass is 9.97. The van der Waals surface area contributed by atoms with Crippen molar-refractivity contribution in [3.05, 3.63) is 29.8 Å². The van der Waals surface area contributed by atoms with Crippen LogP contribution < -0.4 is 4.74 Å². The molecule has 1 aromatic carbocycles. The zero-order chi connectivity index (χ0) is 9.71. The molecule has 1 fully saturated rings. The van der Waals surface area contributed by atoms with Crippen LogP contribution in [0.5, 0.6) is 5.75 Å². The molecule has 3 heteroatoms. The molecule has 0 N–H and O–H groups in total. The molecule has 1 aliphatic carbocycles. The maximum absolute atomic E-state index is 11.5. The van der Waals surface area contributed by atoms with Crippen molar-refractivity contribution < 1.29 is 9.53 Å². The summed E-state index contributed by atoms with van der Waals surface area (Å²) in [5.41, 5.74) is 1.15. The molecule has 0 saturated heterocycles. The number of carbonyl (C=O) groups is 1. The minimum atomic E-state index is -0.107. The Balaban J connectivity index is 2.06. The zero-order valence-electron chi connectivity index (χ0n) is 7.64. The van der Waals surface area contributed by atoms with Crippen LogP contribution in [0.25, 0.3) is 0 Å². The van der Waals surface area contributed by atoms with Gasteiger partial charge in [0.25, 0.3) is 0 Å². The summed E-state index contributed by atoms with van der Waals surface area (Å²) in [4.78, 5) is 11.5. The third kappa shape index (κ3) is 0.898. The van der Waals surface area contributed by atoms with Crippen LogP contribution in [0.4, 0.5) is 0 Å². The number of esters is 1. The van der Waals surface area contributed by atoms with E-state index in [4.69, 9.17) is 12.6 Å². The van der Waals surface area contributed by atoms with E-state index in [1.165, 1.54) is 0 Å². The first-order valence-corrected chi connectivity index (χ1v) is 4.83. The van der Waals surface area contributed by atoms with Gasteiger partial charge in [0.2, 0.25) is 0 Å². The Morgan fingerprint density at radius 1 is 1.29 bits per heavy atom. The predicted octanol–water partition coefficient (Wildman–Crippen LogP) is 1.52. The van der Waals surface area contributed by atoms with Crippen LogP contribution in [0, 0.1) is 11.8 Å². The third-order valence-electron chi connectivity index (χ3n) is 3.20. The largest absolute Gasteiger partial charge is 0.426 e. The maximum atomic E-state index is 11.5. The first-order chi connectivity index (χ1) is 6.83. The molecule has 0 spiro atoms. The van der Waals surface area contributed by atoms with Crippen LogP contribution in [0.3, 0.4) is 0 Å². The van der Waals surface area contributed by atoms with E-state index >= 15 is 0 Å². The molecule has 3 atom stereocenters. The van der Waals surface area contributed by atoms with E-state index in [1.807, 2.05) is 24.3 Å². The van der Waals surface area contributed by atoms with Gasteiger partial charge in [-0.15, -0.1) is 0 Å². The van der Waals surface area contributed by atoms with Crippen molar-refractivity contribution in [2.75, 3.05) is 0 Å². The second kappa shape index (κ2) is 2.63. The van der Waals surface area contributed by atoms with Crippen LogP contribution in [0.2, 0.25) is 6.32 Å². The molecule has 14 heavy (non-hydrogen) atoms. The van der Waals surface area contributed by atoms with E-state index in [9.17, 15) is 4.79 Å². The fourth-order valence-electron chi connectivity index (χ4n) is 2.44. The lowest BCUT2D eigenvalue weighted by Gasteiger charge is -2.13. The number of hydrogen-bond acceptors (Lipinski definition) is 2. The van der Waals surface area contributed by atoms with Crippen LogP contribution in [0.15, 0.2) is 24.3 Å². The second-order valence-corrected chi connectivity index (χ2v) is 3.91. The average molecular weight is 184 g/mol. The monoisotopic (exact) mass is 184 g/mol. The third-order valence-corrected chi connectivity index (χ3v) is 3.20. The summed E-state index contributed by atoms with van der Waals surface area (Å²) in [6.07, 6.45) is 0.568. The van der Waals surface area contributed by atoms with Gasteiger partial charge in [-0.25, -0.2) is 0 Å². The Morgan fingerprint density at radius 2 is 2.07 bits per heavy atom. The van der Waals surface area contributed by atoms with Gasteiger partial charge in [-0.3, -0.25) is 4.79 Å². The summed E-state index contributed by atoms with van der Waals surface area (Å²) in [5, 5.41) is 0. The Kier molecular flexibility index (Phi) is 1.52. The molecule has 0 amide bonds. The van der Waals surface area contributed by atoms with Gasteiger partial charge < -0.3 is 4.74 Å². The van der Waals surface area contributed by atoms with Crippen LogP contribution in [-0.4, -0.2) is 13.8 Å². The van der Waals surface area contributed by atoms with E-state index in [0.29, 0.717) is 18.2 Å². The fourth-order valence-corrected chi connectivity index (χ4v) is 2.44. The standard InChI is InChI=1S/C11H9BO2/c12-5-7-9-6-3-1-2-4-8(6)14-11(13)10(7)9/h1-4,7,9-10H,5H2. The van der Waals surface area contributed by atoms with Crippen molar-refractivity contribution in [2.45, 2.75) is 12.2 Å². The smallest absolute Gasteiger partial charge is 0.315 e. The molecule has 2 aliphatic rings. The summed E-state index contributed by atoms with van der Waals surface area (Å²) in [6.45, 7) is 0. The molecule has 3 rings (SSSR count). The Labute approximate surface area is 83.7 Å². The number of benzene rings is 1. The maximum Gasteiger partial charge on any atom is 0.315 e. The van der Waals surface area contributed by atoms with Gasteiger partial charge in [-0.2, -0.15) is 0 Å². The van der Waals surface area contributed by atoms with Crippen molar-refractivity contribution in [3.63, 3.8) is 0 Å². The number of rotatable bonds is 1. The average Bonchev–Trinajstić information content (AvgIpc) is 2.93. The number of para-hydroxylation sites is 1. The first kappa shape index (κ1) is 8.10. The van der Waals surface area contributed by atoms with Gasteiger partial charge in [-0.1, -0.05) is 24.5 Å². The highest BCUT2D eigenvalue weighted by Crippen LogP contribution is 2.60. The number of fused-ring (bicyclic) bond motifs is 3. The van der Waals surface area contributed by atoms with Crippen LogP contribution >= 0.6 is 0 Å². The molecule has 0 aromatic heterocycles. The second-order valence-electron chi connectivity index (χ2n) is 3.91. The molecule has 2 nitrogen and oxygen atoms in total. The van der Waals surface area contributed by atoms with Crippen molar-refractivity contribution in [2.24, 2.45) is 11.8 Å². The van der Waals surface area contributed by atoms with Gasteiger partial charge in [0.15, 0.2) is 0 Å². The zero-order valence-corrected chi connectivity index (χ0v) is 7.64. The summed E-state index contributed by atoms with van der Waals surface area (Å²) in [6, 6.07) is 7.72. The molecule has 1 saturated carbocycles. The number of hydrogen-bond donors (Lipinski definition) is 0. The van der Waals surface area contributed by atoms with E-state index < -0.39 is 0 Å². The first-order valence-electron chi connectivity index (χ1n) is 4.83. The molecule has 3 unspecified atom stereocenters. The minimum Gasteiger partial charge on any atom is -0.426 e. The summed E-state index contributed by atoms with van der Waals surface area (Å²) in [7, 11) is 5.61. The molecular formula is C11H9BO2. The van der Waals surface area contributed by atoms with E-state index in [2.05, 4.69) is 0 Å². The van der Waals surface area contributed by atoms with E-state index in [0.717, 1.165) is 11.3 Å². The Bertz CT molecular complexity index is 402. The number of ether oxygens (including phenoxy) is 1. The highest BCUT2D eigenvalue weighted by Gasteiger charge is 2.58. The van der Waals surface area contributed by atoms with Crippen molar-refractivity contribution >= 4 is 13.8 Å².